The Balaban J connectivity index is 2.17. The van der Waals surface area contributed by atoms with Gasteiger partial charge in [-0.1, -0.05) is 12.8 Å². The number of hydrogen-bond donors (Lipinski definition) is 3. The first-order valence-electron chi connectivity index (χ1n) is 6.96. The Kier molecular flexibility index (Phi) is 4.57. The molecule has 0 bridgehead atoms. The topological polar surface area (TPSA) is 78.4 Å². The summed E-state index contributed by atoms with van der Waals surface area (Å²) in [6.07, 6.45) is 3.38. The molecule has 0 atom stereocenters. The number of hydrogen-bond acceptors (Lipinski definition) is 3. The maximum atomic E-state index is 13.6. The lowest BCUT2D eigenvalue weighted by molar-refractivity contribution is -0.114. The highest BCUT2D eigenvalue weighted by Crippen LogP contribution is 2.29. The Labute approximate surface area is 122 Å². The van der Waals surface area contributed by atoms with Gasteiger partial charge in [-0.05, 0) is 31.0 Å². The number of carbonyl (C=O) groups is 2. The van der Waals surface area contributed by atoms with Gasteiger partial charge in [0.1, 0.15) is 5.82 Å². The monoisotopic (exact) mass is 294 g/mol. The van der Waals surface area contributed by atoms with Crippen molar-refractivity contribution >= 4 is 17.5 Å². The van der Waals surface area contributed by atoms with Crippen molar-refractivity contribution in [1.29, 1.82) is 0 Å². The first-order chi connectivity index (χ1) is 9.96. The van der Waals surface area contributed by atoms with E-state index < -0.39 is 17.3 Å². The van der Waals surface area contributed by atoms with Gasteiger partial charge in [0.15, 0.2) is 0 Å². The van der Waals surface area contributed by atoms with Crippen molar-refractivity contribution in [2.45, 2.75) is 38.1 Å². The lowest BCUT2D eigenvalue weighted by atomic mass is 9.98. The third-order valence-electron chi connectivity index (χ3n) is 3.78. The first kappa shape index (κ1) is 15.4. The van der Waals surface area contributed by atoms with Gasteiger partial charge in [0.05, 0.1) is 17.8 Å². The number of anilines is 1. The van der Waals surface area contributed by atoms with Crippen molar-refractivity contribution in [2.75, 3.05) is 11.9 Å². The molecule has 1 fully saturated rings. The molecule has 6 heteroatoms. The average molecular weight is 294 g/mol. The quantitative estimate of drug-likeness (QED) is 0.792. The second kappa shape index (κ2) is 6.22. The van der Waals surface area contributed by atoms with E-state index in [-0.39, 0.29) is 23.8 Å². The van der Waals surface area contributed by atoms with Crippen LogP contribution < -0.4 is 10.6 Å². The molecular weight excluding hydrogens is 275 g/mol. The van der Waals surface area contributed by atoms with Crippen molar-refractivity contribution in [3.05, 3.63) is 29.6 Å². The van der Waals surface area contributed by atoms with E-state index in [1.54, 1.807) is 0 Å². The molecule has 0 spiro atoms. The number of aliphatic hydroxyl groups excluding tert-OH is 1. The van der Waals surface area contributed by atoms with E-state index in [4.69, 9.17) is 0 Å². The van der Waals surface area contributed by atoms with E-state index in [0.29, 0.717) is 0 Å². The van der Waals surface area contributed by atoms with Crippen molar-refractivity contribution in [3.63, 3.8) is 0 Å². The molecule has 2 amide bonds. The zero-order valence-electron chi connectivity index (χ0n) is 11.9. The lowest BCUT2D eigenvalue weighted by Gasteiger charge is -2.28. The minimum atomic E-state index is -0.598. The Bertz CT molecular complexity index is 554. The number of carbonyl (C=O) groups excluding carboxylic acids is 2. The van der Waals surface area contributed by atoms with Crippen LogP contribution in [0, 0.1) is 5.82 Å². The van der Waals surface area contributed by atoms with Gasteiger partial charge in [0.25, 0.3) is 5.91 Å². The third kappa shape index (κ3) is 3.58. The Morgan fingerprint density at radius 1 is 1.33 bits per heavy atom. The van der Waals surface area contributed by atoms with Crippen molar-refractivity contribution < 1.29 is 19.1 Å². The fourth-order valence-corrected chi connectivity index (χ4v) is 2.64. The molecule has 5 nitrogen and oxygen atoms in total. The van der Waals surface area contributed by atoms with Gasteiger partial charge < -0.3 is 15.7 Å². The van der Waals surface area contributed by atoms with Crippen LogP contribution in [0.1, 0.15) is 43.0 Å². The van der Waals surface area contributed by atoms with Crippen LogP contribution in [-0.4, -0.2) is 29.1 Å². The van der Waals surface area contributed by atoms with E-state index in [1.807, 2.05) is 0 Å². The molecule has 1 aromatic carbocycles. The zero-order chi connectivity index (χ0) is 15.5. The highest BCUT2D eigenvalue weighted by Gasteiger charge is 2.34. The lowest BCUT2D eigenvalue weighted by Crippen LogP contribution is -2.49. The molecule has 0 heterocycles. The van der Waals surface area contributed by atoms with Crippen LogP contribution in [0.5, 0.6) is 0 Å². The van der Waals surface area contributed by atoms with Crippen LogP contribution in [0.3, 0.4) is 0 Å². The van der Waals surface area contributed by atoms with Gasteiger partial charge in [-0.15, -0.1) is 0 Å². The predicted molar refractivity (Wildman–Crippen MR) is 76.5 cm³/mol. The minimum Gasteiger partial charge on any atom is -0.394 e. The molecule has 1 saturated carbocycles. The smallest absolute Gasteiger partial charge is 0.251 e. The molecule has 1 aliphatic rings. The Morgan fingerprint density at radius 2 is 2.00 bits per heavy atom. The standard InChI is InChI=1S/C15H19FN2O3/c1-10(20)17-13-8-11(4-5-12(13)16)14(21)18-15(9-19)6-2-3-7-15/h4-5,8,19H,2-3,6-7,9H2,1H3,(H,17,20)(H,18,21). The zero-order valence-corrected chi connectivity index (χ0v) is 11.9. The largest absolute Gasteiger partial charge is 0.394 e. The maximum absolute atomic E-state index is 13.6. The normalized spacial score (nSPS) is 16.5. The molecule has 0 aromatic heterocycles. The van der Waals surface area contributed by atoms with Crippen LogP contribution in [-0.2, 0) is 4.79 Å². The number of benzene rings is 1. The number of halogens is 1. The molecule has 1 aliphatic carbocycles. The third-order valence-corrected chi connectivity index (χ3v) is 3.78. The molecule has 21 heavy (non-hydrogen) atoms. The van der Waals surface area contributed by atoms with E-state index in [2.05, 4.69) is 10.6 Å². The van der Waals surface area contributed by atoms with E-state index in [0.717, 1.165) is 31.7 Å². The van der Waals surface area contributed by atoms with Gasteiger partial charge in [-0.25, -0.2) is 4.39 Å². The first-order valence-corrected chi connectivity index (χ1v) is 6.96. The van der Waals surface area contributed by atoms with Gasteiger partial charge in [0.2, 0.25) is 5.91 Å². The van der Waals surface area contributed by atoms with Crippen LogP contribution in [0.15, 0.2) is 18.2 Å². The summed E-state index contributed by atoms with van der Waals surface area (Å²) in [5, 5.41) is 14.7. The highest BCUT2D eigenvalue weighted by molar-refractivity contribution is 5.97. The van der Waals surface area contributed by atoms with E-state index in [1.165, 1.54) is 19.1 Å². The number of rotatable bonds is 4. The fraction of sp³-hybridized carbons (Fsp3) is 0.467. The molecule has 114 valence electrons. The average Bonchev–Trinajstić information content (AvgIpc) is 2.90. The summed E-state index contributed by atoms with van der Waals surface area (Å²) in [6, 6.07) is 3.79. The van der Waals surface area contributed by atoms with Gasteiger partial charge in [-0.2, -0.15) is 0 Å². The van der Waals surface area contributed by atoms with Crippen LogP contribution in [0.25, 0.3) is 0 Å². The fourth-order valence-electron chi connectivity index (χ4n) is 2.64. The molecule has 0 unspecified atom stereocenters. The van der Waals surface area contributed by atoms with Gasteiger partial charge >= 0.3 is 0 Å². The summed E-state index contributed by atoms with van der Waals surface area (Å²) in [5.41, 5.74) is -0.362. The second-order valence-electron chi connectivity index (χ2n) is 5.48. The number of amides is 2. The summed E-state index contributed by atoms with van der Waals surface area (Å²) in [7, 11) is 0. The van der Waals surface area contributed by atoms with Crippen molar-refractivity contribution in [3.8, 4) is 0 Å². The van der Waals surface area contributed by atoms with Crippen LogP contribution in [0.2, 0.25) is 0 Å². The molecule has 0 aliphatic heterocycles. The van der Waals surface area contributed by atoms with Crippen LogP contribution in [0.4, 0.5) is 10.1 Å². The second-order valence-corrected chi connectivity index (χ2v) is 5.48. The molecule has 1 aromatic rings. The predicted octanol–water partition coefficient (Wildman–Crippen LogP) is 1.82. The highest BCUT2D eigenvalue weighted by atomic mass is 19.1. The molecule has 3 N–H and O–H groups in total. The van der Waals surface area contributed by atoms with Crippen molar-refractivity contribution in [2.24, 2.45) is 0 Å². The summed E-state index contributed by atoms with van der Waals surface area (Å²) in [5.74, 6) is -1.38. The van der Waals surface area contributed by atoms with Gasteiger partial charge in [0, 0.05) is 12.5 Å². The van der Waals surface area contributed by atoms with E-state index >= 15 is 0 Å². The number of aliphatic hydroxyl groups is 1. The van der Waals surface area contributed by atoms with Crippen LogP contribution >= 0.6 is 0 Å². The molecule has 0 radical (unpaired) electrons. The van der Waals surface area contributed by atoms with Gasteiger partial charge in [-0.3, -0.25) is 9.59 Å². The van der Waals surface area contributed by atoms with Crippen molar-refractivity contribution in [1.82, 2.24) is 5.32 Å². The summed E-state index contributed by atoms with van der Waals surface area (Å²) >= 11 is 0. The molecular formula is C15H19FN2O3. The SMILES string of the molecule is CC(=O)Nc1cc(C(=O)NC2(CO)CCCC2)ccc1F. The number of nitrogens with one attached hydrogen (secondary N) is 2. The van der Waals surface area contributed by atoms with E-state index in [9.17, 15) is 19.1 Å². The Hall–Kier alpha value is -1.95. The minimum absolute atomic E-state index is 0.0281. The summed E-state index contributed by atoms with van der Waals surface area (Å²) < 4.78 is 13.6. The summed E-state index contributed by atoms with van der Waals surface area (Å²) in [6.45, 7) is 1.16. The Morgan fingerprint density at radius 3 is 2.57 bits per heavy atom. The maximum Gasteiger partial charge on any atom is 0.251 e. The molecule has 2 rings (SSSR count). The summed E-state index contributed by atoms with van der Waals surface area (Å²) in [4.78, 5) is 23.3. The molecule has 0 saturated heterocycles.